The summed E-state index contributed by atoms with van der Waals surface area (Å²) in [5.74, 6) is -1.47. The highest BCUT2D eigenvalue weighted by molar-refractivity contribution is 6.46. The van der Waals surface area contributed by atoms with Gasteiger partial charge in [-0.05, 0) is 16.3 Å². The molecule has 0 saturated carbocycles. The SMILES string of the molecule is COCCN1C(=O)C(=O)/C(=C(\O)c2ccccc2)C1c1cccc2ccccc12. The first-order chi connectivity index (χ1) is 14.1. The molecule has 3 aromatic rings. The van der Waals surface area contributed by atoms with Gasteiger partial charge in [0.1, 0.15) is 5.76 Å². The highest BCUT2D eigenvalue weighted by Crippen LogP contribution is 2.41. The molecule has 1 aliphatic heterocycles. The van der Waals surface area contributed by atoms with E-state index in [0.29, 0.717) is 12.2 Å². The first-order valence-corrected chi connectivity index (χ1v) is 9.44. The largest absolute Gasteiger partial charge is 0.507 e. The third kappa shape index (κ3) is 3.30. The van der Waals surface area contributed by atoms with Gasteiger partial charge in [0.05, 0.1) is 18.2 Å². The van der Waals surface area contributed by atoms with Gasteiger partial charge < -0.3 is 14.7 Å². The molecule has 1 amide bonds. The summed E-state index contributed by atoms with van der Waals surface area (Å²) in [7, 11) is 1.55. The highest BCUT2D eigenvalue weighted by atomic mass is 16.5. The quantitative estimate of drug-likeness (QED) is 0.410. The molecule has 29 heavy (non-hydrogen) atoms. The molecule has 0 bridgehead atoms. The van der Waals surface area contributed by atoms with Crippen LogP contribution < -0.4 is 0 Å². The normalized spacial score (nSPS) is 18.5. The van der Waals surface area contributed by atoms with E-state index >= 15 is 0 Å². The van der Waals surface area contributed by atoms with Gasteiger partial charge in [-0.2, -0.15) is 0 Å². The smallest absolute Gasteiger partial charge is 0.295 e. The van der Waals surface area contributed by atoms with Crippen LogP contribution in [-0.4, -0.2) is 42.0 Å². The first kappa shape index (κ1) is 18.9. The monoisotopic (exact) mass is 387 g/mol. The van der Waals surface area contributed by atoms with Gasteiger partial charge in [0.15, 0.2) is 0 Å². The standard InChI is InChI=1S/C24H21NO4/c1-29-15-14-25-21(19-13-7-11-16-8-5-6-12-18(16)19)20(23(27)24(25)28)22(26)17-9-3-2-4-10-17/h2-13,21,26H,14-15H2,1H3/b22-20-. The van der Waals surface area contributed by atoms with E-state index in [-0.39, 0.29) is 17.9 Å². The van der Waals surface area contributed by atoms with Crippen molar-refractivity contribution in [1.82, 2.24) is 4.90 Å². The van der Waals surface area contributed by atoms with E-state index in [2.05, 4.69) is 0 Å². The molecular weight excluding hydrogens is 366 g/mol. The number of aliphatic hydroxyl groups excluding tert-OH is 1. The summed E-state index contributed by atoms with van der Waals surface area (Å²) in [5.41, 5.74) is 1.41. The second-order valence-electron chi connectivity index (χ2n) is 6.92. The lowest BCUT2D eigenvalue weighted by atomic mass is 9.91. The molecule has 4 rings (SSSR count). The van der Waals surface area contributed by atoms with Gasteiger partial charge in [0, 0.05) is 19.2 Å². The number of carbonyl (C=O) groups excluding carboxylic acids is 2. The van der Waals surface area contributed by atoms with Crippen LogP contribution in [-0.2, 0) is 14.3 Å². The molecule has 0 radical (unpaired) electrons. The molecule has 5 heteroatoms. The average molecular weight is 387 g/mol. The van der Waals surface area contributed by atoms with E-state index in [4.69, 9.17) is 4.74 Å². The summed E-state index contributed by atoms with van der Waals surface area (Å²) in [5, 5.41) is 12.9. The minimum Gasteiger partial charge on any atom is -0.507 e. The summed E-state index contributed by atoms with van der Waals surface area (Å²) >= 11 is 0. The van der Waals surface area contributed by atoms with Crippen LogP contribution in [0.2, 0.25) is 0 Å². The minimum atomic E-state index is -0.684. The number of ether oxygens (including phenoxy) is 1. The third-order valence-electron chi connectivity index (χ3n) is 5.24. The van der Waals surface area contributed by atoms with E-state index in [1.807, 2.05) is 48.5 Å². The fraction of sp³-hybridized carbons (Fsp3) is 0.167. The maximum Gasteiger partial charge on any atom is 0.295 e. The summed E-state index contributed by atoms with van der Waals surface area (Å²) in [4.78, 5) is 27.3. The molecule has 1 aliphatic rings. The van der Waals surface area contributed by atoms with Crippen molar-refractivity contribution >= 4 is 28.2 Å². The average Bonchev–Trinajstić information content (AvgIpc) is 3.02. The topological polar surface area (TPSA) is 66.8 Å². The van der Waals surface area contributed by atoms with Crippen molar-refractivity contribution in [3.8, 4) is 0 Å². The number of Topliss-reactive ketones (excluding diaryl/α,β-unsaturated/α-hetero) is 1. The molecule has 1 unspecified atom stereocenters. The number of benzene rings is 3. The summed E-state index contributed by atoms with van der Waals surface area (Å²) < 4.78 is 5.16. The Kier molecular flexibility index (Phi) is 5.14. The van der Waals surface area contributed by atoms with Crippen LogP contribution in [0.3, 0.4) is 0 Å². The molecule has 1 atom stereocenters. The van der Waals surface area contributed by atoms with Crippen LogP contribution >= 0.6 is 0 Å². The number of amides is 1. The number of rotatable bonds is 5. The Hall–Kier alpha value is -3.44. The lowest BCUT2D eigenvalue weighted by molar-refractivity contribution is -0.140. The van der Waals surface area contributed by atoms with Crippen LogP contribution in [0, 0.1) is 0 Å². The van der Waals surface area contributed by atoms with Crippen molar-refractivity contribution in [3.63, 3.8) is 0 Å². The first-order valence-electron chi connectivity index (χ1n) is 9.44. The lowest BCUT2D eigenvalue weighted by Crippen LogP contribution is -2.32. The summed E-state index contributed by atoms with van der Waals surface area (Å²) in [6.07, 6.45) is 0. The van der Waals surface area contributed by atoms with E-state index < -0.39 is 17.7 Å². The Morgan fingerprint density at radius 1 is 0.966 bits per heavy atom. The second kappa shape index (κ2) is 7.89. The van der Waals surface area contributed by atoms with E-state index in [9.17, 15) is 14.7 Å². The zero-order chi connectivity index (χ0) is 20.4. The Balaban J connectivity index is 1.96. The number of aliphatic hydroxyl groups is 1. The molecule has 1 heterocycles. The van der Waals surface area contributed by atoms with Gasteiger partial charge in [-0.3, -0.25) is 9.59 Å². The van der Waals surface area contributed by atoms with Gasteiger partial charge in [0.2, 0.25) is 0 Å². The second-order valence-corrected chi connectivity index (χ2v) is 6.92. The van der Waals surface area contributed by atoms with Crippen LogP contribution in [0.25, 0.3) is 16.5 Å². The molecule has 3 aromatic carbocycles. The van der Waals surface area contributed by atoms with Crippen molar-refractivity contribution in [2.75, 3.05) is 20.3 Å². The van der Waals surface area contributed by atoms with Crippen LogP contribution in [0.5, 0.6) is 0 Å². The van der Waals surface area contributed by atoms with Crippen molar-refractivity contribution in [2.24, 2.45) is 0 Å². The maximum atomic E-state index is 13.0. The Morgan fingerprint density at radius 2 is 1.66 bits per heavy atom. The van der Waals surface area contributed by atoms with Gasteiger partial charge in [-0.15, -0.1) is 0 Å². The molecular formula is C24H21NO4. The van der Waals surface area contributed by atoms with Crippen LogP contribution in [0.1, 0.15) is 17.2 Å². The number of hydrogen-bond donors (Lipinski definition) is 1. The molecule has 146 valence electrons. The van der Waals surface area contributed by atoms with E-state index in [1.165, 1.54) is 4.90 Å². The molecule has 0 spiro atoms. The van der Waals surface area contributed by atoms with Gasteiger partial charge in [-0.25, -0.2) is 0 Å². The predicted molar refractivity (Wildman–Crippen MR) is 111 cm³/mol. The number of nitrogens with zero attached hydrogens (tertiary/aromatic N) is 1. The van der Waals surface area contributed by atoms with E-state index in [0.717, 1.165) is 16.3 Å². The summed E-state index contributed by atoms with van der Waals surface area (Å²) in [6.45, 7) is 0.542. The Morgan fingerprint density at radius 3 is 2.41 bits per heavy atom. The van der Waals surface area contributed by atoms with Crippen molar-refractivity contribution in [1.29, 1.82) is 0 Å². The number of ketones is 1. The van der Waals surface area contributed by atoms with Crippen molar-refractivity contribution < 1.29 is 19.4 Å². The van der Waals surface area contributed by atoms with Gasteiger partial charge >= 0.3 is 0 Å². The Labute approximate surface area is 168 Å². The van der Waals surface area contributed by atoms with Crippen molar-refractivity contribution in [3.05, 3.63) is 89.5 Å². The fourth-order valence-electron chi connectivity index (χ4n) is 3.86. The number of fused-ring (bicyclic) bond motifs is 1. The summed E-state index contributed by atoms with van der Waals surface area (Å²) in [6, 6.07) is 21.7. The zero-order valence-corrected chi connectivity index (χ0v) is 16.0. The molecule has 0 aliphatic carbocycles. The lowest BCUT2D eigenvalue weighted by Gasteiger charge is -2.26. The van der Waals surface area contributed by atoms with Crippen molar-refractivity contribution in [2.45, 2.75) is 6.04 Å². The predicted octanol–water partition coefficient (Wildman–Crippen LogP) is 3.91. The van der Waals surface area contributed by atoms with Crippen LogP contribution in [0.4, 0.5) is 0 Å². The number of hydrogen-bond acceptors (Lipinski definition) is 4. The van der Waals surface area contributed by atoms with Crippen LogP contribution in [0.15, 0.2) is 78.4 Å². The molecule has 0 aromatic heterocycles. The maximum absolute atomic E-state index is 13.0. The third-order valence-corrected chi connectivity index (χ3v) is 5.24. The highest BCUT2D eigenvalue weighted by Gasteiger charge is 2.46. The zero-order valence-electron chi connectivity index (χ0n) is 16.0. The number of carbonyl (C=O) groups is 2. The number of likely N-dealkylation sites (tertiary alicyclic amines) is 1. The molecule has 5 nitrogen and oxygen atoms in total. The van der Waals surface area contributed by atoms with Gasteiger partial charge in [-0.1, -0.05) is 72.8 Å². The molecule has 1 N–H and O–H groups in total. The Bertz CT molecular complexity index is 1100. The van der Waals surface area contributed by atoms with Gasteiger partial charge in [0.25, 0.3) is 11.7 Å². The molecule has 1 fully saturated rings. The number of methoxy groups -OCH3 is 1. The fourth-order valence-corrected chi connectivity index (χ4v) is 3.86. The minimum absolute atomic E-state index is 0.105. The van der Waals surface area contributed by atoms with E-state index in [1.54, 1.807) is 31.4 Å². The molecule has 1 saturated heterocycles.